The van der Waals surface area contributed by atoms with Crippen molar-refractivity contribution >= 4 is 52.1 Å². The van der Waals surface area contributed by atoms with Gasteiger partial charge in [0, 0.05) is 22.7 Å². The number of nitrogens with one attached hydrogen (secondary N) is 1. The average molecular weight is 458 g/mol. The van der Waals surface area contributed by atoms with Gasteiger partial charge in [0.15, 0.2) is 0 Å². The molecule has 10 heteroatoms. The molecule has 0 aromatic heterocycles. The van der Waals surface area contributed by atoms with Gasteiger partial charge in [-0.25, -0.2) is 0 Å². The number of hydrogen-bond acceptors (Lipinski definition) is 3. The van der Waals surface area contributed by atoms with Gasteiger partial charge >= 0.3 is 6.18 Å². The SMILES string of the molecule is NCc1ccc(C2=CC(c3cc(Cl)c(Cl)c(Cl)c3)(C(F)(F)F)ON2)cc1Cl. The molecule has 144 valence electrons. The molecule has 1 aliphatic rings. The smallest absolute Gasteiger partial charge is 0.326 e. The largest absolute Gasteiger partial charge is 0.428 e. The fourth-order valence-electron chi connectivity index (χ4n) is 2.64. The maximum absolute atomic E-state index is 14.0. The van der Waals surface area contributed by atoms with Gasteiger partial charge in [0.2, 0.25) is 5.60 Å². The van der Waals surface area contributed by atoms with Crippen molar-refractivity contribution in [2.24, 2.45) is 5.73 Å². The fraction of sp³-hybridized carbons (Fsp3) is 0.176. The first-order valence-corrected chi connectivity index (χ1v) is 8.97. The van der Waals surface area contributed by atoms with Crippen LogP contribution in [0.4, 0.5) is 13.2 Å². The van der Waals surface area contributed by atoms with Gasteiger partial charge in [0.05, 0.1) is 20.8 Å². The molecule has 0 amide bonds. The summed E-state index contributed by atoms with van der Waals surface area (Å²) in [6.07, 6.45) is -3.92. The molecule has 0 bridgehead atoms. The first-order chi connectivity index (χ1) is 12.6. The Kier molecular flexibility index (Phi) is 5.60. The van der Waals surface area contributed by atoms with Crippen molar-refractivity contribution in [3.05, 3.63) is 73.2 Å². The van der Waals surface area contributed by atoms with Crippen molar-refractivity contribution in [1.82, 2.24) is 5.48 Å². The number of alkyl halides is 3. The number of halogens is 7. The van der Waals surface area contributed by atoms with Crippen LogP contribution in [0, 0.1) is 0 Å². The van der Waals surface area contributed by atoms with Crippen LogP contribution in [0.1, 0.15) is 16.7 Å². The molecule has 0 fully saturated rings. The van der Waals surface area contributed by atoms with Crippen LogP contribution in [0.3, 0.4) is 0 Å². The van der Waals surface area contributed by atoms with Gasteiger partial charge in [-0.05, 0) is 29.8 Å². The lowest BCUT2D eigenvalue weighted by atomic mass is 9.91. The normalized spacial score (nSPS) is 19.8. The molecule has 2 aromatic carbocycles. The van der Waals surface area contributed by atoms with E-state index in [1.807, 2.05) is 0 Å². The van der Waals surface area contributed by atoms with E-state index in [-0.39, 0.29) is 32.9 Å². The minimum atomic E-state index is -4.82. The molecule has 2 aromatic rings. The second-order valence-electron chi connectivity index (χ2n) is 5.76. The van der Waals surface area contributed by atoms with Crippen LogP contribution < -0.4 is 11.2 Å². The molecule has 1 atom stereocenters. The quantitative estimate of drug-likeness (QED) is 0.548. The third kappa shape index (κ3) is 3.62. The van der Waals surface area contributed by atoms with Crippen LogP contribution in [-0.2, 0) is 17.0 Å². The molecule has 0 saturated carbocycles. The molecule has 1 aliphatic heterocycles. The summed E-state index contributed by atoms with van der Waals surface area (Å²) in [6.45, 7) is 0.205. The molecule has 3 rings (SSSR count). The highest BCUT2D eigenvalue weighted by atomic mass is 35.5. The molecular formula is C17H11Cl4F3N2O. The predicted molar refractivity (Wildman–Crippen MR) is 101 cm³/mol. The molecule has 0 saturated heterocycles. The van der Waals surface area contributed by atoms with E-state index in [0.29, 0.717) is 16.1 Å². The van der Waals surface area contributed by atoms with E-state index in [4.69, 9.17) is 57.0 Å². The molecule has 0 spiro atoms. The van der Waals surface area contributed by atoms with E-state index in [2.05, 4.69) is 5.48 Å². The second kappa shape index (κ2) is 7.35. The van der Waals surface area contributed by atoms with Gasteiger partial charge in [-0.3, -0.25) is 10.3 Å². The lowest BCUT2D eigenvalue weighted by Crippen LogP contribution is -2.42. The lowest BCUT2D eigenvalue weighted by Gasteiger charge is -2.29. The van der Waals surface area contributed by atoms with E-state index in [1.165, 1.54) is 6.07 Å². The van der Waals surface area contributed by atoms with Crippen molar-refractivity contribution in [3.63, 3.8) is 0 Å². The van der Waals surface area contributed by atoms with Crippen molar-refractivity contribution in [3.8, 4) is 0 Å². The van der Waals surface area contributed by atoms with Crippen molar-refractivity contribution in [2.45, 2.75) is 18.3 Å². The first-order valence-electron chi connectivity index (χ1n) is 7.46. The van der Waals surface area contributed by atoms with E-state index in [1.54, 1.807) is 12.1 Å². The number of rotatable bonds is 3. The summed E-state index contributed by atoms with van der Waals surface area (Å²) in [5, 5.41) is 0.0469. The van der Waals surface area contributed by atoms with Crippen LogP contribution in [0.5, 0.6) is 0 Å². The Bertz CT molecular complexity index is 910. The Morgan fingerprint density at radius 3 is 2.15 bits per heavy atom. The number of hydroxylamine groups is 1. The standard InChI is InChI=1S/C17H11Cl4F3N2O/c18-11-3-8(1-2-9(11)7-25)14-6-16(27-26-14,17(22,23)24)10-4-12(19)15(21)13(20)5-10/h1-6,26H,7,25H2. The van der Waals surface area contributed by atoms with Crippen LogP contribution in [0.25, 0.3) is 5.70 Å². The summed E-state index contributed by atoms with van der Waals surface area (Å²) in [7, 11) is 0. The van der Waals surface area contributed by atoms with Gasteiger partial charge in [-0.2, -0.15) is 13.2 Å². The Morgan fingerprint density at radius 1 is 1.00 bits per heavy atom. The van der Waals surface area contributed by atoms with Crippen LogP contribution in [-0.4, -0.2) is 6.18 Å². The molecule has 3 N–H and O–H groups in total. The highest BCUT2D eigenvalue weighted by molar-refractivity contribution is 6.48. The zero-order valence-electron chi connectivity index (χ0n) is 13.3. The van der Waals surface area contributed by atoms with Crippen molar-refractivity contribution < 1.29 is 18.0 Å². The summed E-state index contributed by atoms with van der Waals surface area (Å²) in [6, 6.07) is 6.85. The zero-order chi connectivity index (χ0) is 20.0. The minimum Gasteiger partial charge on any atom is -0.326 e. The van der Waals surface area contributed by atoms with E-state index in [9.17, 15) is 13.2 Å². The molecular weight excluding hydrogens is 447 g/mol. The lowest BCUT2D eigenvalue weighted by molar-refractivity contribution is -0.269. The third-order valence-electron chi connectivity index (χ3n) is 4.09. The molecule has 1 heterocycles. The molecule has 3 nitrogen and oxygen atoms in total. The highest BCUT2D eigenvalue weighted by Crippen LogP contribution is 2.49. The molecule has 27 heavy (non-hydrogen) atoms. The topological polar surface area (TPSA) is 47.3 Å². The van der Waals surface area contributed by atoms with Crippen molar-refractivity contribution in [2.75, 3.05) is 0 Å². The third-order valence-corrected chi connectivity index (χ3v) is 5.64. The van der Waals surface area contributed by atoms with Crippen LogP contribution in [0.15, 0.2) is 36.4 Å². The van der Waals surface area contributed by atoms with Crippen molar-refractivity contribution in [1.29, 1.82) is 0 Å². The maximum atomic E-state index is 14.0. The van der Waals surface area contributed by atoms with Gasteiger partial charge in [-0.1, -0.05) is 58.5 Å². The highest BCUT2D eigenvalue weighted by Gasteiger charge is 2.59. The van der Waals surface area contributed by atoms with Gasteiger partial charge < -0.3 is 5.73 Å². The van der Waals surface area contributed by atoms with E-state index >= 15 is 0 Å². The second-order valence-corrected chi connectivity index (χ2v) is 7.36. The monoisotopic (exact) mass is 456 g/mol. The first kappa shape index (κ1) is 20.6. The van der Waals surface area contributed by atoms with Crippen LogP contribution in [0.2, 0.25) is 20.1 Å². The van der Waals surface area contributed by atoms with E-state index < -0.39 is 11.8 Å². The molecule has 1 unspecified atom stereocenters. The van der Waals surface area contributed by atoms with Gasteiger partial charge in [0.25, 0.3) is 0 Å². The Labute approximate surface area is 172 Å². The number of hydrogen-bond donors (Lipinski definition) is 2. The fourth-order valence-corrected chi connectivity index (χ4v) is 3.49. The molecule has 0 aliphatic carbocycles. The Morgan fingerprint density at radius 2 is 1.63 bits per heavy atom. The number of benzene rings is 2. The summed E-state index contributed by atoms with van der Waals surface area (Å²) >= 11 is 23.8. The summed E-state index contributed by atoms with van der Waals surface area (Å²) < 4.78 is 41.9. The number of nitrogens with two attached hydrogens (primary N) is 1. The summed E-state index contributed by atoms with van der Waals surface area (Å²) in [4.78, 5) is 5.01. The summed E-state index contributed by atoms with van der Waals surface area (Å²) in [5.41, 5.74) is 5.89. The predicted octanol–water partition coefficient (Wildman–Crippen LogP) is 6.09. The van der Waals surface area contributed by atoms with E-state index in [0.717, 1.165) is 18.2 Å². The summed E-state index contributed by atoms with van der Waals surface area (Å²) in [5.74, 6) is 0. The molecule has 0 radical (unpaired) electrons. The van der Waals surface area contributed by atoms with Crippen LogP contribution >= 0.6 is 46.4 Å². The average Bonchev–Trinajstić information content (AvgIpc) is 3.06. The Balaban J connectivity index is 2.14. The minimum absolute atomic E-state index is 0.0428. The Hall–Kier alpha value is -1.15. The maximum Gasteiger partial charge on any atom is 0.428 e. The van der Waals surface area contributed by atoms with Gasteiger partial charge in [0.1, 0.15) is 0 Å². The van der Waals surface area contributed by atoms with Gasteiger partial charge in [-0.15, -0.1) is 0 Å². The zero-order valence-corrected chi connectivity index (χ0v) is 16.3.